The van der Waals surface area contributed by atoms with Crippen molar-refractivity contribution in [2.75, 3.05) is 5.32 Å². The molecule has 0 bridgehead atoms. The molecular formula is C23H19N3O5S. The van der Waals surface area contributed by atoms with Crippen molar-refractivity contribution in [3.8, 4) is 0 Å². The van der Waals surface area contributed by atoms with E-state index in [9.17, 15) is 14.4 Å². The molecule has 0 atom stereocenters. The summed E-state index contributed by atoms with van der Waals surface area (Å²) in [6, 6.07) is 10.9. The van der Waals surface area contributed by atoms with Crippen LogP contribution in [-0.4, -0.2) is 21.3 Å². The Labute approximate surface area is 186 Å². The van der Waals surface area contributed by atoms with Crippen LogP contribution in [0.25, 0.3) is 4.96 Å². The van der Waals surface area contributed by atoms with Gasteiger partial charge >= 0.3 is 5.97 Å². The molecule has 3 heterocycles. The number of aryl methyl sites for hydroxylation is 2. The summed E-state index contributed by atoms with van der Waals surface area (Å²) in [6.45, 7) is -0.0931. The van der Waals surface area contributed by atoms with Crippen LogP contribution in [0.2, 0.25) is 0 Å². The predicted octanol–water partition coefficient (Wildman–Crippen LogP) is 3.84. The minimum absolute atomic E-state index is 0.0931. The monoisotopic (exact) mass is 449 g/mol. The molecule has 0 unspecified atom stereocenters. The fourth-order valence-corrected chi connectivity index (χ4v) is 4.96. The van der Waals surface area contributed by atoms with Crippen LogP contribution in [0.1, 0.15) is 50.0 Å². The van der Waals surface area contributed by atoms with Crippen LogP contribution < -0.4 is 10.9 Å². The zero-order valence-corrected chi connectivity index (χ0v) is 17.8. The first-order valence-electron chi connectivity index (χ1n) is 10.2. The third kappa shape index (κ3) is 3.94. The number of rotatable bonds is 5. The van der Waals surface area contributed by atoms with E-state index in [2.05, 4.69) is 10.3 Å². The lowest BCUT2D eigenvalue weighted by molar-refractivity contribution is 0.0467. The van der Waals surface area contributed by atoms with E-state index < -0.39 is 5.97 Å². The summed E-state index contributed by atoms with van der Waals surface area (Å²) in [4.78, 5) is 43.4. The molecule has 0 spiro atoms. The largest absolute Gasteiger partial charge is 0.459 e. The number of thiazole rings is 1. The molecule has 8 nitrogen and oxygen atoms in total. The zero-order valence-electron chi connectivity index (χ0n) is 17.0. The highest BCUT2D eigenvalue weighted by Crippen LogP contribution is 2.28. The average Bonchev–Trinajstić information content (AvgIpc) is 3.46. The van der Waals surface area contributed by atoms with E-state index in [1.165, 1.54) is 28.5 Å². The smallest absolute Gasteiger partial charge is 0.338 e. The van der Waals surface area contributed by atoms with Gasteiger partial charge in [0.15, 0.2) is 10.7 Å². The number of esters is 1. The topological polar surface area (TPSA) is 103 Å². The normalized spacial score (nSPS) is 13.0. The van der Waals surface area contributed by atoms with Crippen LogP contribution in [0, 0.1) is 0 Å². The molecule has 1 aromatic carbocycles. The first-order valence-corrected chi connectivity index (χ1v) is 11.1. The Kier molecular flexibility index (Phi) is 5.32. The van der Waals surface area contributed by atoms with Crippen LogP contribution in [0.5, 0.6) is 0 Å². The fraction of sp³-hybridized carbons (Fsp3) is 0.217. The van der Waals surface area contributed by atoms with Crippen molar-refractivity contribution < 1.29 is 18.7 Å². The molecule has 4 aromatic rings. The number of furan rings is 1. The highest BCUT2D eigenvalue weighted by molar-refractivity contribution is 7.17. The number of hydrogen-bond acceptors (Lipinski definition) is 7. The summed E-state index contributed by atoms with van der Waals surface area (Å²) in [6.07, 6.45) is 5.50. The van der Waals surface area contributed by atoms with Crippen molar-refractivity contribution >= 4 is 33.9 Å². The van der Waals surface area contributed by atoms with Crippen LogP contribution in [0.3, 0.4) is 0 Å². The lowest BCUT2D eigenvalue weighted by atomic mass is 10.0. The maximum atomic E-state index is 12.6. The van der Waals surface area contributed by atoms with Crippen molar-refractivity contribution in [1.29, 1.82) is 0 Å². The molecule has 32 heavy (non-hydrogen) atoms. The molecule has 0 radical (unpaired) electrons. The second kappa shape index (κ2) is 8.43. The van der Waals surface area contributed by atoms with Crippen molar-refractivity contribution in [3.63, 3.8) is 0 Å². The van der Waals surface area contributed by atoms with Crippen molar-refractivity contribution in [1.82, 2.24) is 9.38 Å². The molecule has 0 saturated carbocycles. The number of aromatic nitrogens is 2. The molecule has 1 aliphatic rings. The Morgan fingerprint density at radius 2 is 1.97 bits per heavy atom. The average molecular weight is 449 g/mol. The number of nitrogens with zero attached hydrogens (tertiary/aromatic N) is 2. The fourth-order valence-electron chi connectivity index (χ4n) is 3.73. The first kappa shape index (κ1) is 20.2. The lowest BCUT2D eigenvalue weighted by Gasteiger charge is -2.10. The number of hydrogen-bond donors (Lipinski definition) is 1. The number of carbonyl (C=O) groups excluding carboxylic acids is 2. The molecule has 162 valence electrons. The lowest BCUT2D eigenvalue weighted by Crippen LogP contribution is -2.18. The molecule has 9 heteroatoms. The first-order chi connectivity index (χ1) is 15.6. The third-order valence-corrected chi connectivity index (χ3v) is 6.43. The number of fused-ring (bicyclic) bond motifs is 3. The van der Waals surface area contributed by atoms with Gasteiger partial charge in [-0.3, -0.25) is 14.0 Å². The molecular weight excluding hydrogens is 430 g/mol. The summed E-state index contributed by atoms with van der Waals surface area (Å²) < 4.78 is 12.1. The van der Waals surface area contributed by atoms with Crippen molar-refractivity contribution in [2.24, 2.45) is 0 Å². The van der Waals surface area contributed by atoms with E-state index in [1.807, 2.05) is 0 Å². The summed E-state index contributed by atoms with van der Waals surface area (Å²) in [5.74, 6) is -0.727. The summed E-state index contributed by atoms with van der Waals surface area (Å²) >= 11 is 1.53. The van der Waals surface area contributed by atoms with E-state index in [-0.39, 0.29) is 23.8 Å². The van der Waals surface area contributed by atoms with Gasteiger partial charge in [-0.05, 0) is 62.1 Å². The zero-order chi connectivity index (χ0) is 22.1. The van der Waals surface area contributed by atoms with Gasteiger partial charge in [-0.25, -0.2) is 9.78 Å². The van der Waals surface area contributed by atoms with Gasteiger partial charge in [0.25, 0.3) is 11.5 Å². The Balaban J connectivity index is 1.25. The predicted molar refractivity (Wildman–Crippen MR) is 118 cm³/mol. The molecule has 1 N–H and O–H groups in total. The Bertz CT molecular complexity index is 1350. The van der Waals surface area contributed by atoms with E-state index in [0.717, 1.165) is 31.4 Å². The number of anilines is 1. The molecule has 0 fully saturated rings. The van der Waals surface area contributed by atoms with Gasteiger partial charge < -0.3 is 14.5 Å². The second-order valence-corrected chi connectivity index (χ2v) is 8.53. The molecule has 1 aliphatic carbocycles. The van der Waals surface area contributed by atoms with E-state index in [1.54, 1.807) is 40.8 Å². The van der Waals surface area contributed by atoms with E-state index in [4.69, 9.17) is 9.15 Å². The SMILES string of the molecule is O=C(OCc1cc(=O)n2c3c(sc2n1)CCCC3)c1ccc(NC(=O)c2ccco2)cc1. The number of carbonyl (C=O) groups is 2. The van der Waals surface area contributed by atoms with Gasteiger partial charge in [0.1, 0.15) is 6.61 Å². The highest BCUT2D eigenvalue weighted by atomic mass is 32.1. The second-order valence-electron chi connectivity index (χ2n) is 7.47. The van der Waals surface area contributed by atoms with Crippen LogP contribution in [0.4, 0.5) is 5.69 Å². The number of benzene rings is 1. The minimum atomic E-state index is -0.540. The van der Waals surface area contributed by atoms with Crippen LogP contribution >= 0.6 is 11.3 Å². The van der Waals surface area contributed by atoms with Crippen molar-refractivity contribution in [2.45, 2.75) is 32.3 Å². The Morgan fingerprint density at radius 3 is 2.75 bits per heavy atom. The maximum Gasteiger partial charge on any atom is 0.338 e. The van der Waals surface area contributed by atoms with Crippen molar-refractivity contribution in [3.05, 3.63) is 86.7 Å². The quantitative estimate of drug-likeness (QED) is 0.465. The maximum absolute atomic E-state index is 12.6. The molecule has 1 amide bonds. The number of amides is 1. The summed E-state index contributed by atoms with van der Waals surface area (Å²) in [5, 5.41) is 2.68. The van der Waals surface area contributed by atoms with Gasteiger partial charge in [-0.1, -0.05) is 0 Å². The number of nitrogens with one attached hydrogen (secondary N) is 1. The summed E-state index contributed by atoms with van der Waals surface area (Å²) in [7, 11) is 0. The highest BCUT2D eigenvalue weighted by Gasteiger charge is 2.19. The van der Waals surface area contributed by atoms with Gasteiger partial charge in [-0.2, -0.15) is 0 Å². The van der Waals surface area contributed by atoms with Gasteiger partial charge in [-0.15, -0.1) is 11.3 Å². The van der Waals surface area contributed by atoms with Crippen LogP contribution in [0.15, 0.2) is 57.9 Å². The van der Waals surface area contributed by atoms with Gasteiger partial charge in [0.05, 0.1) is 17.5 Å². The van der Waals surface area contributed by atoms with E-state index >= 15 is 0 Å². The standard InChI is InChI=1S/C23H19N3O5S/c27-20-12-16(25-23-26(20)17-4-1-2-6-19(17)32-23)13-31-22(29)14-7-9-15(10-8-14)24-21(28)18-5-3-11-30-18/h3,5,7-12H,1-2,4,6,13H2,(H,24,28). The minimum Gasteiger partial charge on any atom is -0.459 e. The molecule has 5 rings (SSSR count). The van der Waals surface area contributed by atoms with Gasteiger partial charge in [0, 0.05) is 22.3 Å². The Morgan fingerprint density at radius 1 is 1.16 bits per heavy atom. The molecule has 0 saturated heterocycles. The number of ether oxygens (including phenoxy) is 1. The van der Waals surface area contributed by atoms with Gasteiger partial charge in [0.2, 0.25) is 0 Å². The van der Waals surface area contributed by atoms with E-state index in [0.29, 0.717) is 21.9 Å². The third-order valence-electron chi connectivity index (χ3n) is 5.29. The van der Waals surface area contributed by atoms with Crippen LogP contribution in [-0.2, 0) is 24.2 Å². The summed E-state index contributed by atoms with van der Waals surface area (Å²) in [5.41, 5.74) is 2.19. The molecule has 0 aliphatic heterocycles. The molecule has 3 aromatic heterocycles. The Hall–Kier alpha value is -3.72.